The molecule has 0 saturated carbocycles. The summed E-state index contributed by atoms with van der Waals surface area (Å²) in [6.07, 6.45) is 0.300. The highest BCUT2D eigenvalue weighted by Gasteiger charge is 2.30. The molecule has 0 aliphatic rings. The fraction of sp³-hybridized carbons (Fsp3) is 0.471. The van der Waals surface area contributed by atoms with Gasteiger partial charge in [-0.15, -0.1) is 0 Å². The summed E-state index contributed by atoms with van der Waals surface area (Å²) in [5, 5.41) is 11.8. The quantitative estimate of drug-likeness (QED) is 0.802. The largest absolute Gasteiger partial charge is 0.480 e. The minimum absolute atomic E-state index is 0.164. The third-order valence-electron chi connectivity index (χ3n) is 3.56. The molecule has 0 spiro atoms. The van der Waals surface area contributed by atoms with Crippen molar-refractivity contribution in [3.8, 4) is 0 Å². The first-order valence-corrected chi connectivity index (χ1v) is 7.57. The average molecular weight is 320 g/mol. The normalized spacial score (nSPS) is 13.3. The predicted octanol–water partition coefficient (Wildman–Crippen LogP) is 1.82. The molecule has 0 bridgehead atoms. The lowest BCUT2D eigenvalue weighted by molar-refractivity contribution is -0.149. The number of carboxylic acids is 1. The number of amides is 2. The molecule has 0 heterocycles. The highest BCUT2D eigenvalue weighted by Crippen LogP contribution is 2.17. The van der Waals surface area contributed by atoms with Crippen molar-refractivity contribution < 1.29 is 19.5 Å². The van der Waals surface area contributed by atoms with Crippen LogP contribution in [0.15, 0.2) is 30.3 Å². The molecule has 23 heavy (non-hydrogen) atoms. The minimum atomic E-state index is -1.10. The molecule has 126 valence electrons. The molecular formula is C17H24N2O4. The molecule has 2 N–H and O–H groups in total. The van der Waals surface area contributed by atoms with E-state index in [-0.39, 0.29) is 11.8 Å². The van der Waals surface area contributed by atoms with E-state index in [2.05, 4.69) is 5.32 Å². The lowest BCUT2D eigenvalue weighted by Crippen LogP contribution is -2.47. The molecule has 2 atom stereocenters. The first-order valence-electron chi connectivity index (χ1n) is 7.57. The third kappa shape index (κ3) is 5.39. The Morgan fingerprint density at radius 3 is 2.17 bits per heavy atom. The van der Waals surface area contributed by atoms with Gasteiger partial charge in [-0.25, -0.2) is 4.79 Å². The fourth-order valence-corrected chi connectivity index (χ4v) is 2.08. The van der Waals surface area contributed by atoms with Crippen molar-refractivity contribution in [3.05, 3.63) is 35.9 Å². The van der Waals surface area contributed by atoms with Gasteiger partial charge >= 0.3 is 5.97 Å². The molecular weight excluding hydrogens is 296 g/mol. The Hall–Kier alpha value is -2.37. The summed E-state index contributed by atoms with van der Waals surface area (Å²) >= 11 is 0. The molecule has 0 aliphatic carbocycles. The van der Waals surface area contributed by atoms with Crippen LogP contribution in [0.1, 0.15) is 38.8 Å². The Kier molecular flexibility index (Phi) is 6.75. The zero-order valence-electron chi connectivity index (χ0n) is 13.9. The zero-order valence-corrected chi connectivity index (χ0v) is 13.9. The van der Waals surface area contributed by atoms with Gasteiger partial charge < -0.3 is 15.3 Å². The van der Waals surface area contributed by atoms with Crippen LogP contribution in [0.4, 0.5) is 0 Å². The van der Waals surface area contributed by atoms with E-state index in [1.54, 1.807) is 24.3 Å². The van der Waals surface area contributed by atoms with Gasteiger partial charge in [0, 0.05) is 13.5 Å². The highest BCUT2D eigenvalue weighted by atomic mass is 16.4. The Morgan fingerprint density at radius 2 is 1.70 bits per heavy atom. The second-order valence-corrected chi connectivity index (χ2v) is 5.97. The van der Waals surface area contributed by atoms with Gasteiger partial charge in [-0.05, 0) is 18.4 Å². The maximum Gasteiger partial charge on any atom is 0.326 e. The number of carboxylic acid groups (broad SMARTS) is 1. The molecule has 0 radical (unpaired) electrons. The summed E-state index contributed by atoms with van der Waals surface area (Å²) in [7, 11) is 1.42. The van der Waals surface area contributed by atoms with Gasteiger partial charge in [0.25, 0.3) is 0 Å². The Balaban J connectivity index is 3.02. The van der Waals surface area contributed by atoms with Crippen molar-refractivity contribution >= 4 is 17.8 Å². The van der Waals surface area contributed by atoms with Crippen molar-refractivity contribution in [2.75, 3.05) is 7.05 Å². The summed E-state index contributed by atoms with van der Waals surface area (Å²) in [6.45, 7) is 5.26. The number of aliphatic carboxylic acids is 1. The standard InChI is InChI=1S/C17H24N2O4/c1-11(2)10-14(20)18-15(13-8-6-5-7-9-13)16(21)19(4)12(3)17(22)23/h5-9,11-12,15H,10H2,1-4H3,(H,18,20)(H,22,23). The Bertz CT molecular complexity index is 557. The number of benzene rings is 1. The lowest BCUT2D eigenvalue weighted by Gasteiger charge is -2.27. The Morgan fingerprint density at radius 1 is 1.13 bits per heavy atom. The summed E-state index contributed by atoms with van der Waals surface area (Å²) in [4.78, 5) is 37.0. The number of nitrogens with zero attached hydrogens (tertiary/aromatic N) is 1. The fourth-order valence-electron chi connectivity index (χ4n) is 2.08. The van der Waals surface area contributed by atoms with Crippen LogP contribution < -0.4 is 5.32 Å². The second-order valence-electron chi connectivity index (χ2n) is 5.97. The second kappa shape index (κ2) is 8.31. The maximum atomic E-state index is 12.7. The highest BCUT2D eigenvalue weighted by molar-refractivity contribution is 5.91. The molecule has 0 aliphatic heterocycles. The molecule has 2 unspecified atom stereocenters. The van der Waals surface area contributed by atoms with E-state index in [4.69, 9.17) is 5.11 Å². The van der Waals surface area contributed by atoms with E-state index < -0.39 is 24.0 Å². The number of nitrogens with one attached hydrogen (secondary N) is 1. The van der Waals surface area contributed by atoms with E-state index in [1.165, 1.54) is 14.0 Å². The average Bonchev–Trinajstić information content (AvgIpc) is 2.50. The van der Waals surface area contributed by atoms with Gasteiger partial charge in [0.2, 0.25) is 11.8 Å². The van der Waals surface area contributed by atoms with Crippen LogP contribution in [0.25, 0.3) is 0 Å². The van der Waals surface area contributed by atoms with Gasteiger partial charge in [-0.1, -0.05) is 44.2 Å². The van der Waals surface area contributed by atoms with E-state index in [1.807, 2.05) is 19.9 Å². The zero-order chi connectivity index (χ0) is 17.6. The van der Waals surface area contributed by atoms with Crippen molar-refractivity contribution in [2.45, 2.75) is 39.3 Å². The number of likely N-dealkylation sites (N-methyl/N-ethyl adjacent to an activating group) is 1. The maximum absolute atomic E-state index is 12.7. The third-order valence-corrected chi connectivity index (χ3v) is 3.56. The van der Waals surface area contributed by atoms with E-state index in [0.29, 0.717) is 12.0 Å². The number of carbonyl (C=O) groups excluding carboxylic acids is 2. The predicted molar refractivity (Wildman–Crippen MR) is 86.6 cm³/mol. The van der Waals surface area contributed by atoms with Crippen LogP contribution in [0.5, 0.6) is 0 Å². The SMILES string of the molecule is CC(C)CC(=O)NC(C(=O)N(C)C(C)C(=O)O)c1ccccc1. The van der Waals surface area contributed by atoms with Crippen molar-refractivity contribution in [1.82, 2.24) is 10.2 Å². The minimum Gasteiger partial charge on any atom is -0.480 e. The molecule has 6 nitrogen and oxygen atoms in total. The van der Waals surface area contributed by atoms with Gasteiger partial charge in [0.05, 0.1) is 0 Å². The molecule has 2 amide bonds. The summed E-state index contributed by atoms with van der Waals surface area (Å²) in [5.74, 6) is -1.62. The molecule has 0 aromatic heterocycles. The monoisotopic (exact) mass is 320 g/mol. The van der Waals surface area contributed by atoms with Crippen LogP contribution in [-0.2, 0) is 14.4 Å². The van der Waals surface area contributed by atoms with Crippen LogP contribution in [0, 0.1) is 5.92 Å². The van der Waals surface area contributed by atoms with Crippen molar-refractivity contribution in [3.63, 3.8) is 0 Å². The molecule has 0 saturated heterocycles. The van der Waals surface area contributed by atoms with E-state index in [9.17, 15) is 14.4 Å². The summed E-state index contributed by atoms with van der Waals surface area (Å²) in [6, 6.07) is 6.94. The van der Waals surface area contributed by atoms with Crippen molar-refractivity contribution in [1.29, 1.82) is 0 Å². The van der Waals surface area contributed by atoms with Crippen LogP contribution in [0.3, 0.4) is 0 Å². The van der Waals surface area contributed by atoms with Crippen LogP contribution >= 0.6 is 0 Å². The first kappa shape index (κ1) is 18.7. The number of hydrogen-bond acceptors (Lipinski definition) is 3. The number of rotatable bonds is 7. The van der Waals surface area contributed by atoms with E-state index in [0.717, 1.165) is 4.90 Å². The molecule has 1 rings (SSSR count). The van der Waals surface area contributed by atoms with Gasteiger partial charge in [0.15, 0.2) is 0 Å². The van der Waals surface area contributed by atoms with Crippen molar-refractivity contribution in [2.24, 2.45) is 5.92 Å². The van der Waals surface area contributed by atoms with Crippen LogP contribution in [-0.4, -0.2) is 40.9 Å². The lowest BCUT2D eigenvalue weighted by atomic mass is 10.0. The van der Waals surface area contributed by atoms with Gasteiger partial charge in [0.1, 0.15) is 12.1 Å². The first-order chi connectivity index (χ1) is 10.7. The summed E-state index contributed by atoms with van der Waals surface area (Å²) in [5.41, 5.74) is 0.624. The van der Waals surface area contributed by atoms with Gasteiger partial charge in [-0.2, -0.15) is 0 Å². The molecule has 0 fully saturated rings. The topological polar surface area (TPSA) is 86.7 Å². The molecule has 1 aromatic rings. The summed E-state index contributed by atoms with van der Waals surface area (Å²) < 4.78 is 0. The number of carbonyl (C=O) groups is 3. The smallest absolute Gasteiger partial charge is 0.326 e. The molecule has 6 heteroatoms. The van der Waals surface area contributed by atoms with Crippen LogP contribution in [0.2, 0.25) is 0 Å². The Labute approximate surface area is 136 Å². The molecule has 1 aromatic carbocycles. The number of hydrogen-bond donors (Lipinski definition) is 2. The van der Waals surface area contributed by atoms with E-state index >= 15 is 0 Å². The van der Waals surface area contributed by atoms with Gasteiger partial charge in [-0.3, -0.25) is 9.59 Å².